The maximum absolute atomic E-state index is 13.3. The normalized spacial score (nSPS) is 21.1. The average Bonchev–Trinajstić information content (AvgIpc) is 3.05. The number of aryl methyl sites for hydroxylation is 2. The van der Waals surface area contributed by atoms with Crippen LogP contribution in [-0.4, -0.2) is 56.0 Å². The summed E-state index contributed by atoms with van der Waals surface area (Å²) in [6.07, 6.45) is -3.65. The fourth-order valence-electron chi connectivity index (χ4n) is 4.46. The third-order valence-corrected chi connectivity index (χ3v) is 8.11. The number of hydrogen-bond acceptors (Lipinski definition) is 5. The minimum atomic E-state index is -4.49. The number of hydrogen-bond donors (Lipinski definition) is 1. The van der Waals surface area contributed by atoms with E-state index in [0.717, 1.165) is 17.2 Å². The fourth-order valence-corrected chi connectivity index (χ4v) is 5.17. The number of alkyl halides is 3. The number of carbonyl (C=O) groups is 1. The van der Waals surface area contributed by atoms with E-state index in [0.29, 0.717) is 17.7 Å². The lowest BCUT2D eigenvalue weighted by atomic mass is 9.95. The number of ether oxygens (including phenoxy) is 3. The van der Waals surface area contributed by atoms with Gasteiger partial charge in [-0.3, -0.25) is 0 Å². The predicted molar refractivity (Wildman–Crippen MR) is 150 cm³/mol. The molecule has 0 aliphatic carbocycles. The topological polar surface area (TPSA) is 65.0 Å². The summed E-state index contributed by atoms with van der Waals surface area (Å²) in [5.41, 5.74) is 2.98. The van der Waals surface area contributed by atoms with Crippen LogP contribution in [0.2, 0.25) is 25.7 Å². The van der Waals surface area contributed by atoms with Crippen molar-refractivity contribution in [2.24, 2.45) is 11.8 Å². The van der Waals surface area contributed by atoms with Crippen molar-refractivity contribution in [3.63, 3.8) is 0 Å². The van der Waals surface area contributed by atoms with Gasteiger partial charge in [-0.2, -0.15) is 13.2 Å². The Morgan fingerprint density at radius 3 is 2.38 bits per heavy atom. The number of halogens is 3. The molecule has 0 spiro atoms. The number of esters is 1. The Labute approximate surface area is 232 Å². The van der Waals surface area contributed by atoms with Crippen LogP contribution in [0.4, 0.5) is 13.2 Å². The van der Waals surface area contributed by atoms with Crippen LogP contribution in [0.15, 0.2) is 18.2 Å². The number of aliphatic hydroxyl groups excluding tert-OH is 1. The molecule has 0 aromatic heterocycles. The molecule has 0 saturated carbocycles. The fraction of sp³-hybridized carbons (Fsp3) is 0.633. The van der Waals surface area contributed by atoms with Gasteiger partial charge in [0.05, 0.1) is 18.3 Å². The van der Waals surface area contributed by atoms with E-state index in [1.807, 2.05) is 32.1 Å². The van der Waals surface area contributed by atoms with Crippen molar-refractivity contribution in [3.8, 4) is 11.8 Å². The molecule has 1 aliphatic heterocycles. The lowest BCUT2D eigenvalue weighted by molar-refractivity contribution is -0.168. The zero-order valence-electron chi connectivity index (χ0n) is 24.5. The third-order valence-electron chi connectivity index (χ3n) is 6.40. The minimum absolute atomic E-state index is 0.289. The van der Waals surface area contributed by atoms with Gasteiger partial charge in [0.1, 0.15) is 18.1 Å². The monoisotopic (exact) mass is 568 g/mol. The lowest BCUT2D eigenvalue weighted by Gasteiger charge is -2.20. The largest absolute Gasteiger partial charge is 0.462 e. The second-order valence-corrected chi connectivity index (χ2v) is 17.9. The number of rotatable bonds is 9. The molecule has 0 radical (unpaired) electrons. The molecule has 1 aromatic carbocycles. The van der Waals surface area contributed by atoms with Crippen LogP contribution < -0.4 is 0 Å². The van der Waals surface area contributed by atoms with E-state index in [4.69, 9.17) is 14.2 Å². The van der Waals surface area contributed by atoms with Gasteiger partial charge in [-0.1, -0.05) is 75.2 Å². The molecule has 1 aromatic rings. The highest BCUT2D eigenvalue weighted by molar-refractivity contribution is 6.76. The van der Waals surface area contributed by atoms with Gasteiger partial charge in [-0.15, -0.1) is 0 Å². The summed E-state index contributed by atoms with van der Waals surface area (Å²) in [4.78, 5) is 13.0. The van der Waals surface area contributed by atoms with Gasteiger partial charge in [-0.05, 0) is 57.2 Å². The molecule has 1 N–H and O–H groups in total. The minimum Gasteiger partial charge on any atom is -0.462 e. The predicted octanol–water partition coefficient (Wildman–Crippen LogP) is 6.92. The Morgan fingerprint density at radius 2 is 1.82 bits per heavy atom. The maximum Gasteiger partial charge on any atom is 0.402 e. The smallest absolute Gasteiger partial charge is 0.402 e. The van der Waals surface area contributed by atoms with E-state index in [1.54, 1.807) is 19.9 Å². The van der Waals surface area contributed by atoms with Crippen LogP contribution >= 0.6 is 0 Å². The van der Waals surface area contributed by atoms with Gasteiger partial charge in [0.15, 0.2) is 5.79 Å². The molecule has 9 heteroatoms. The summed E-state index contributed by atoms with van der Waals surface area (Å²) in [5, 5.41) is 10.7. The van der Waals surface area contributed by atoms with Crippen LogP contribution in [0.1, 0.15) is 61.2 Å². The molecular formula is C30H43F3O5Si. The first-order valence-electron chi connectivity index (χ1n) is 13.4. The van der Waals surface area contributed by atoms with E-state index >= 15 is 0 Å². The highest BCUT2D eigenvalue weighted by atomic mass is 28.3. The van der Waals surface area contributed by atoms with Crippen molar-refractivity contribution in [2.45, 2.75) is 104 Å². The molecule has 1 heterocycles. The first-order valence-corrected chi connectivity index (χ1v) is 17.1. The standard InChI is InChI=1S/C30H43F3O5Si/c1-19(2)23(30(31,32)33)13-14-24(34)27-25(37-29(5,6)38-27)12-10-11-22-18-20(3)17-21(4)26(22)28(35)36-15-16-39(7,8)9/h10-11,17-19,23-25,27,34H,12,15-16H2,1-9H3/b11-10+. The summed E-state index contributed by atoms with van der Waals surface area (Å²) in [7, 11) is -1.36. The van der Waals surface area contributed by atoms with Crippen LogP contribution in [0.25, 0.3) is 6.08 Å². The van der Waals surface area contributed by atoms with Gasteiger partial charge in [0.2, 0.25) is 0 Å². The molecule has 1 aliphatic rings. The molecule has 4 atom stereocenters. The Morgan fingerprint density at radius 1 is 1.18 bits per heavy atom. The number of benzene rings is 1. The van der Waals surface area contributed by atoms with Crippen LogP contribution in [0.3, 0.4) is 0 Å². The second-order valence-electron chi connectivity index (χ2n) is 12.3. The van der Waals surface area contributed by atoms with E-state index < -0.39 is 50.2 Å². The summed E-state index contributed by atoms with van der Waals surface area (Å²) >= 11 is 0. The van der Waals surface area contributed by atoms with E-state index in [-0.39, 0.29) is 12.4 Å². The Kier molecular flexibility index (Phi) is 11.1. The van der Waals surface area contributed by atoms with Crippen LogP contribution in [-0.2, 0) is 14.2 Å². The highest BCUT2D eigenvalue weighted by Gasteiger charge is 2.44. The second kappa shape index (κ2) is 13.0. The number of carbonyl (C=O) groups excluding carboxylic acids is 1. The van der Waals surface area contributed by atoms with Crippen molar-refractivity contribution >= 4 is 20.1 Å². The van der Waals surface area contributed by atoms with E-state index in [9.17, 15) is 23.1 Å². The molecular weight excluding hydrogens is 525 g/mol. The highest BCUT2D eigenvalue weighted by Crippen LogP contribution is 2.34. The number of aliphatic hydroxyl groups is 1. The quantitative estimate of drug-likeness (QED) is 0.199. The summed E-state index contributed by atoms with van der Waals surface area (Å²) in [6, 6.07) is 4.70. The molecule has 1 fully saturated rings. The zero-order chi connectivity index (χ0) is 29.8. The van der Waals surface area contributed by atoms with Gasteiger partial charge < -0.3 is 19.3 Å². The Hall–Kier alpha value is -2.12. The Balaban J connectivity index is 2.23. The maximum atomic E-state index is 13.3. The molecule has 39 heavy (non-hydrogen) atoms. The first kappa shape index (κ1) is 33.1. The van der Waals surface area contributed by atoms with E-state index in [2.05, 4.69) is 31.5 Å². The molecule has 1 saturated heterocycles. The third kappa shape index (κ3) is 10.1. The Bertz CT molecular complexity index is 1090. The zero-order valence-corrected chi connectivity index (χ0v) is 25.5. The van der Waals surface area contributed by atoms with Crippen molar-refractivity contribution in [1.82, 2.24) is 0 Å². The summed E-state index contributed by atoms with van der Waals surface area (Å²) in [6.45, 7) is 17.1. The van der Waals surface area contributed by atoms with Crippen molar-refractivity contribution in [1.29, 1.82) is 0 Å². The lowest BCUT2D eigenvalue weighted by Crippen LogP contribution is -2.35. The van der Waals surface area contributed by atoms with Crippen molar-refractivity contribution in [2.75, 3.05) is 6.61 Å². The van der Waals surface area contributed by atoms with Gasteiger partial charge in [0, 0.05) is 8.07 Å². The molecule has 4 unspecified atom stereocenters. The summed E-state index contributed by atoms with van der Waals surface area (Å²) < 4.78 is 57.3. The van der Waals surface area contributed by atoms with Crippen LogP contribution in [0.5, 0.6) is 0 Å². The molecule has 0 bridgehead atoms. The molecule has 218 valence electrons. The van der Waals surface area contributed by atoms with Crippen molar-refractivity contribution in [3.05, 3.63) is 40.5 Å². The van der Waals surface area contributed by atoms with E-state index in [1.165, 1.54) is 13.8 Å². The molecule has 0 amide bonds. The van der Waals surface area contributed by atoms with Crippen LogP contribution in [0, 0.1) is 37.5 Å². The summed E-state index contributed by atoms with van der Waals surface area (Å²) in [5.74, 6) is 0.527. The molecule has 5 nitrogen and oxygen atoms in total. The van der Waals surface area contributed by atoms with Gasteiger partial charge >= 0.3 is 12.1 Å². The van der Waals surface area contributed by atoms with Crippen molar-refractivity contribution < 1.29 is 37.3 Å². The van der Waals surface area contributed by atoms with Gasteiger partial charge in [0.25, 0.3) is 0 Å². The first-order chi connectivity index (χ1) is 17.8. The average molecular weight is 569 g/mol. The SMILES string of the molecule is Cc1cc(C)c(C(=O)OCC[Si](C)(C)C)c(/C=C/CC2OC(C)(C)OC2C(O)C#CC(C(C)C)C(F)(F)F)c1. The van der Waals surface area contributed by atoms with Gasteiger partial charge in [-0.25, -0.2) is 4.79 Å². The molecule has 2 rings (SSSR count).